The zero-order chi connectivity index (χ0) is 14.7. The third-order valence-corrected chi connectivity index (χ3v) is 4.85. The smallest absolute Gasteiger partial charge is 0.241 e. The number of hydrogen-bond donors (Lipinski definition) is 1. The summed E-state index contributed by atoms with van der Waals surface area (Å²) < 4.78 is 0. The van der Waals surface area contributed by atoms with Crippen LogP contribution >= 0.6 is 11.3 Å². The predicted molar refractivity (Wildman–Crippen MR) is 84.7 cm³/mol. The Hall–Kier alpha value is -0.870. The topological polar surface area (TPSA) is 32.3 Å². The first kappa shape index (κ1) is 15.5. The monoisotopic (exact) mass is 294 g/mol. The molecule has 1 aromatic rings. The van der Waals surface area contributed by atoms with Crippen molar-refractivity contribution in [2.75, 3.05) is 0 Å². The molecule has 0 spiro atoms. The molecule has 2 rings (SSSR count). The lowest BCUT2D eigenvalue weighted by molar-refractivity contribution is -0.133. The summed E-state index contributed by atoms with van der Waals surface area (Å²) in [6, 6.07) is 2.42. The normalized spacial score (nSPS) is 24.6. The standard InChI is InChI=1S/C16H26N2OS/c1-5-7-13(6-2)18-15(12-8-9-20-10-12)17-14(11(3)4)16(18)19/h8-11,13-15,17H,5-7H2,1-4H3. The average molecular weight is 294 g/mol. The van der Waals surface area contributed by atoms with Gasteiger partial charge in [0.05, 0.1) is 6.04 Å². The maximum atomic E-state index is 12.8. The quantitative estimate of drug-likeness (QED) is 0.866. The molecule has 1 aromatic heterocycles. The molecule has 0 radical (unpaired) electrons. The first-order valence-corrected chi connectivity index (χ1v) is 8.64. The maximum Gasteiger partial charge on any atom is 0.241 e. The average Bonchev–Trinajstić information content (AvgIpc) is 3.03. The summed E-state index contributed by atoms with van der Waals surface area (Å²) in [6.45, 7) is 8.60. The van der Waals surface area contributed by atoms with E-state index in [0.29, 0.717) is 12.0 Å². The highest BCUT2D eigenvalue weighted by molar-refractivity contribution is 7.07. The van der Waals surface area contributed by atoms with E-state index in [1.807, 2.05) is 0 Å². The molecule has 1 fully saturated rings. The van der Waals surface area contributed by atoms with Crippen molar-refractivity contribution >= 4 is 17.2 Å². The van der Waals surface area contributed by atoms with E-state index in [9.17, 15) is 4.79 Å². The molecule has 1 aliphatic heterocycles. The summed E-state index contributed by atoms with van der Waals surface area (Å²) in [6.07, 6.45) is 3.27. The van der Waals surface area contributed by atoms with Crippen molar-refractivity contribution < 1.29 is 4.79 Å². The second-order valence-electron chi connectivity index (χ2n) is 5.94. The molecule has 1 N–H and O–H groups in total. The largest absolute Gasteiger partial charge is 0.319 e. The van der Waals surface area contributed by atoms with Gasteiger partial charge in [0, 0.05) is 6.04 Å². The molecule has 0 saturated carbocycles. The van der Waals surface area contributed by atoms with Gasteiger partial charge >= 0.3 is 0 Å². The number of amides is 1. The van der Waals surface area contributed by atoms with Crippen molar-refractivity contribution in [1.82, 2.24) is 10.2 Å². The minimum Gasteiger partial charge on any atom is -0.319 e. The fourth-order valence-corrected chi connectivity index (χ4v) is 3.72. The first-order valence-electron chi connectivity index (χ1n) is 7.70. The zero-order valence-corrected chi connectivity index (χ0v) is 13.7. The van der Waals surface area contributed by atoms with Crippen LogP contribution < -0.4 is 5.32 Å². The van der Waals surface area contributed by atoms with Crippen molar-refractivity contribution in [1.29, 1.82) is 0 Å². The van der Waals surface area contributed by atoms with Crippen LogP contribution in [-0.4, -0.2) is 22.9 Å². The molecule has 3 unspecified atom stereocenters. The lowest BCUT2D eigenvalue weighted by atomic mass is 10.0. The Labute approximate surface area is 126 Å². The minimum atomic E-state index is -0.0502. The minimum absolute atomic E-state index is 0.0502. The van der Waals surface area contributed by atoms with Crippen LogP contribution in [0.15, 0.2) is 16.8 Å². The lowest BCUT2D eigenvalue weighted by Crippen LogP contribution is -2.40. The number of nitrogens with zero attached hydrogens (tertiary/aromatic N) is 1. The number of thiophene rings is 1. The second kappa shape index (κ2) is 6.72. The summed E-state index contributed by atoms with van der Waals surface area (Å²) in [7, 11) is 0. The Kier molecular flexibility index (Phi) is 5.22. The van der Waals surface area contributed by atoms with Crippen LogP contribution in [0.5, 0.6) is 0 Å². The molecule has 1 saturated heterocycles. The maximum absolute atomic E-state index is 12.8. The van der Waals surface area contributed by atoms with E-state index in [4.69, 9.17) is 0 Å². The summed E-state index contributed by atoms with van der Waals surface area (Å²) >= 11 is 1.69. The van der Waals surface area contributed by atoms with Crippen LogP contribution in [0.1, 0.15) is 58.7 Å². The van der Waals surface area contributed by atoms with Gasteiger partial charge in [-0.05, 0) is 41.1 Å². The molecule has 1 aliphatic rings. The molecule has 0 aliphatic carbocycles. The van der Waals surface area contributed by atoms with Gasteiger partial charge in [-0.15, -0.1) is 0 Å². The number of hydrogen-bond acceptors (Lipinski definition) is 3. The number of carbonyl (C=O) groups is 1. The van der Waals surface area contributed by atoms with Crippen LogP contribution in [0.3, 0.4) is 0 Å². The molecule has 0 aromatic carbocycles. The zero-order valence-electron chi connectivity index (χ0n) is 12.9. The van der Waals surface area contributed by atoms with E-state index in [1.165, 1.54) is 5.56 Å². The molecule has 3 nitrogen and oxygen atoms in total. The van der Waals surface area contributed by atoms with Crippen LogP contribution in [0.25, 0.3) is 0 Å². The van der Waals surface area contributed by atoms with E-state index in [0.717, 1.165) is 19.3 Å². The van der Waals surface area contributed by atoms with E-state index >= 15 is 0 Å². The van der Waals surface area contributed by atoms with Crippen molar-refractivity contribution in [2.24, 2.45) is 5.92 Å². The number of carbonyl (C=O) groups excluding carboxylic acids is 1. The summed E-state index contributed by atoms with van der Waals surface area (Å²) in [5, 5.41) is 7.79. The Balaban J connectivity index is 2.29. The van der Waals surface area contributed by atoms with Gasteiger partial charge in [-0.3, -0.25) is 10.1 Å². The Morgan fingerprint density at radius 1 is 1.40 bits per heavy atom. The van der Waals surface area contributed by atoms with Gasteiger partial charge in [-0.25, -0.2) is 0 Å². The van der Waals surface area contributed by atoms with Gasteiger partial charge in [0.25, 0.3) is 0 Å². The van der Waals surface area contributed by atoms with Gasteiger partial charge in [-0.1, -0.05) is 34.1 Å². The summed E-state index contributed by atoms with van der Waals surface area (Å²) in [5.74, 6) is 0.601. The fourth-order valence-electron chi connectivity index (χ4n) is 3.04. The second-order valence-corrected chi connectivity index (χ2v) is 6.72. The SMILES string of the molecule is CCCC(CC)N1C(=O)C(C(C)C)NC1c1ccsc1. The van der Waals surface area contributed by atoms with Crippen LogP contribution in [0.4, 0.5) is 0 Å². The first-order chi connectivity index (χ1) is 9.60. The van der Waals surface area contributed by atoms with Crippen molar-refractivity contribution in [3.8, 4) is 0 Å². The highest BCUT2D eigenvalue weighted by Crippen LogP contribution is 2.33. The van der Waals surface area contributed by atoms with Crippen LogP contribution in [-0.2, 0) is 4.79 Å². The highest BCUT2D eigenvalue weighted by Gasteiger charge is 2.43. The molecular formula is C16H26N2OS. The van der Waals surface area contributed by atoms with Gasteiger partial charge in [0.2, 0.25) is 5.91 Å². The van der Waals surface area contributed by atoms with E-state index in [-0.39, 0.29) is 18.1 Å². The van der Waals surface area contributed by atoms with Gasteiger partial charge < -0.3 is 4.90 Å². The molecule has 112 valence electrons. The van der Waals surface area contributed by atoms with Gasteiger partial charge in [0.1, 0.15) is 6.17 Å². The van der Waals surface area contributed by atoms with Crippen molar-refractivity contribution in [2.45, 2.75) is 65.2 Å². The molecule has 4 heteroatoms. The third kappa shape index (κ3) is 2.91. The Morgan fingerprint density at radius 2 is 2.15 bits per heavy atom. The third-order valence-electron chi connectivity index (χ3n) is 4.15. The Morgan fingerprint density at radius 3 is 2.65 bits per heavy atom. The number of rotatable bonds is 6. The highest BCUT2D eigenvalue weighted by atomic mass is 32.1. The van der Waals surface area contributed by atoms with Crippen molar-refractivity contribution in [3.05, 3.63) is 22.4 Å². The predicted octanol–water partition coefficient (Wildman–Crippen LogP) is 3.78. The molecule has 20 heavy (non-hydrogen) atoms. The van der Waals surface area contributed by atoms with Crippen LogP contribution in [0, 0.1) is 5.92 Å². The van der Waals surface area contributed by atoms with E-state index in [1.54, 1.807) is 11.3 Å². The summed E-state index contributed by atoms with van der Waals surface area (Å²) in [5.41, 5.74) is 1.22. The fraction of sp³-hybridized carbons (Fsp3) is 0.688. The molecular weight excluding hydrogens is 268 g/mol. The van der Waals surface area contributed by atoms with E-state index < -0.39 is 0 Å². The van der Waals surface area contributed by atoms with Gasteiger partial charge in [-0.2, -0.15) is 11.3 Å². The van der Waals surface area contributed by atoms with Crippen LogP contribution in [0.2, 0.25) is 0 Å². The van der Waals surface area contributed by atoms with Crippen molar-refractivity contribution in [3.63, 3.8) is 0 Å². The lowest BCUT2D eigenvalue weighted by Gasteiger charge is -2.32. The van der Waals surface area contributed by atoms with E-state index in [2.05, 4.69) is 54.7 Å². The molecule has 2 heterocycles. The molecule has 0 bridgehead atoms. The number of nitrogens with one attached hydrogen (secondary N) is 1. The summed E-state index contributed by atoms with van der Waals surface area (Å²) in [4.78, 5) is 14.9. The molecule has 3 atom stereocenters. The Bertz CT molecular complexity index is 430. The van der Waals surface area contributed by atoms with Gasteiger partial charge in [0.15, 0.2) is 0 Å². The molecule has 1 amide bonds.